The van der Waals surface area contributed by atoms with Gasteiger partial charge >= 0.3 is 17.9 Å². The number of carbonyl (C=O) groups is 3. The summed E-state index contributed by atoms with van der Waals surface area (Å²) >= 11 is 0. The molecule has 0 spiro atoms. The fourth-order valence-electron chi connectivity index (χ4n) is 11.9. The number of hydrogen-bond donors (Lipinski definition) is 1. The molecule has 86 heavy (non-hydrogen) atoms. The van der Waals surface area contributed by atoms with Gasteiger partial charge in [0.1, 0.15) is 13.2 Å². The molecule has 0 saturated heterocycles. The second-order valence-corrected chi connectivity index (χ2v) is 27.7. The van der Waals surface area contributed by atoms with Crippen molar-refractivity contribution in [2.75, 3.05) is 47.5 Å². The van der Waals surface area contributed by atoms with Crippen molar-refractivity contribution in [3.8, 4) is 0 Å². The Morgan fingerprint density at radius 1 is 0.337 bits per heavy atom. The highest BCUT2D eigenvalue weighted by molar-refractivity contribution is 5.71. The third kappa shape index (κ3) is 69.5. The number of allylic oxidation sites excluding steroid dienone is 2. The van der Waals surface area contributed by atoms with E-state index in [-0.39, 0.29) is 38.2 Å². The molecule has 0 aliphatic rings. The molecular formula is C77H150NO8+. The third-order valence-electron chi connectivity index (χ3n) is 17.8. The van der Waals surface area contributed by atoms with Gasteiger partial charge in [-0.15, -0.1) is 0 Å². The molecule has 0 aromatic rings. The summed E-state index contributed by atoms with van der Waals surface area (Å²) in [5.41, 5.74) is 0. The van der Waals surface area contributed by atoms with Crippen molar-refractivity contribution in [3.05, 3.63) is 12.2 Å². The molecule has 0 rings (SSSR count). The highest BCUT2D eigenvalue weighted by Gasteiger charge is 2.25. The maximum atomic E-state index is 13.0. The van der Waals surface area contributed by atoms with Crippen molar-refractivity contribution in [1.29, 1.82) is 0 Å². The van der Waals surface area contributed by atoms with Crippen LogP contribution in [0.3, 0.4) is 0 Å². The lowest BCUT2D eigenvalue weighted by atomic mass is 10.0. The van der Waals surface area contributed by atoms with Crippen LogP contribution in [0.15, 0.2) is 12.2 Å². The van der Waals surface area contributed by atoms with E-state index < -0.39 is 18.4 Å². The molecular weight excluding hydrogens is 1070 g/mol. The molecule has 0 bridgehead atoms. The molecule has 510 valence electrons. The topological polar surface area (TPSA) is 108 Å². The summed E-state index contributed by atoms with van der Waals surface area (Å²) in [4.78, 5) is 37.6. The van der Waals surface area contributed by atoms with Gasteiger partial charge in [-0.1, -0.05) is 366 Å². The number of hydrogen-bond acceptors (Lipinski definition) is 7. The van der Waals surface area contributed by atoms with Gasteiger partial charge in [-0.2, -0.15) is 0 Å². The Bertz CT molecular complexity index is 1410. The molecule has 0 aromatic heterocycles. The molecule has 2 unspecified atom stereocenters. The van der Waals surface area contributed by atoms with E-state index in [4.69, 9.17) is 18.9 Å². The van der Waals surface area contributed by atoms with Crippen molar-refractivity contribution in [2.24, 2.45) is 0 Å². The van der Waals surface area contributed by atoms with Crippen LogP contribution in [-0.2, 0) is 33.3 Å². The van der Waals surface area contributed by atoms with Crippen molar-refractivity contribution in [3.63, 3.8) is 0 Å². The van der Waals surface area contributed by atoms with Crippen LogP contribution in [0.4, 0.5) is 0 Å². The minimum absolute atomic E-state index is 0.173. The molecule has 0 aliphatic carbocycles. The third-order valence-corrected chi connectivity index (χ3v) is 17.8. The summed E-state index contributed by atoms with van der Waals surface area (Å²) in [6, 6.07) is 0. The van der Waals surface area contributed by atoms with E-state index in [1.165, 1.54) is 340 Å². The van der Waals surface area contributed by atoms with Crippen LogP contribution in [0, 0.1) is 0 Å². The number of ether oxygens (including phenoxy) is 4. The SMILES string of the molecule is CCCCCCCCCC/C=C\CCCCCCCCCCCCCCCCCCCCCCCCCCCCCC(=O)OC(COC(=O)CCCCCCCCCCCCCCCCCCCCCCCC)COC(OCC[N+](C)(C)C)C(=O)O. The van der Waals surface area contributed by atoms with Crippen LogP contribution in [0.1, 0.15) is 406 Å². The normalized spacial score (nSPS) is 12.6. The smallest absolute Gasteiger partial charge is 0.361 e. The first-order chi connectivity index (χ1) is 42.1. The minimum atomic E-state index is -1.51. The molecule has 0 fully saturated rings. The summed E-state index contributed by atoms with van der Waals surface area (Å²) in [5.74, 6) is -1.97. The zero-order chi connectivity index (χ0) is 62.6. The van der Waals surface area contributed by atoms with Crippen molar-refractivity contribution < 1.29 is 42.9 Å². The quantitative estimate of drug-likeness (QED) is 0.0211. The Balaban J connectivity index is 3.93. The largest absolute Gasteiger partial charge is 0.477 e. The second kappa shape index (κ2) is 68.9. The minimum Gasteiger partial charge on any atom is -0.477 e. The lowest BCUT2D eigenvalue weighted by Crippen LogP contribution is -2.40. The Morgan fingerprint density at radius 2 is 0.593 bits per heavy atom. The van der Waals surface area contributed by atoms with E-state index in [1.54, 1.807) is 0 Å². The van der Waals surface area contributed by atoms with E-state index in [0.717, 1.165) is 38.5 Å². The number of aliphatic carboxylic acids is 1. The fraction of sp³-hybridized carbons (Fsp3) is 0.935. The highest BCUT2D eigenvalue weighted by atomic mass is 16.7. The van der Waals surface area contributed by atoms with E-state index in [1.807, 2.05) is 21.1 Å². The molecule has 9 nitrogen and oxygen atoms in total. The monoisotopic (exact) mass is 1220 g/mol. The van der Waals surface area contributed by atoms with E-state index in [9.17, 15) is 19.5 Å². The standard InChI is InChI=1S/C77H149NO8/c1-6-8-10-12-14-16-18-20-22-24-26-28-30-31-32-33-34-35-36-37-38-39-40-41-42-43-44-45-46-48-50-52-54-56-58-60-62-64-66-68-75(80)86-73(72-85-77(76(81)82)83-70-69-78(3,4)5)71-84-74(79)67-65-63-61-59-57-55-53-51-49-47-29-27-25-23-21-19-17-15-13-11-9-7-2/h24,26,73,77H,6-23,25,27-72H2,1-5H3/p+1/b26-24-. The number of quaternary nitrogens is 1. The lowest BCUT2D eigenvalue weighted by molar-refractivity contribution is -0.870. The first kappa shape index (κ1) is 84.0. The molecule has 0 aliphatic heterocycles. The number of unbranched alkanes of at least 4 members (excludes halogenated alkanes) is 56. The van der Waals surface area contributed by atoms with Crippen LogP contribution < -0.4 is 0 Å². The molecule has 0 aromatic carbocycles. The molecule has 2 atom stereocenters. The van der Waals surface area contributed by atoms with E-state index in [2.05, 4.69) is 26.0 Å². The number of carbonyl (C=O) groups excluding carboxylic acids is 2. The van der Waals surface area contributed by atoms with Gasteiger partial charge < -0.3 is 28.5 Å². The molecule has 1 N–H and O–H groups in total. The molecule has 0 saturated carbocycles. The van der Waals surface area contributed by atoms with Gasteiger partial charge in [0.15, 0.2) is 6.10 Å². The molecule has 9 heteroatoms. The number of esters is 2. The van der Waals surface area contributed by atoms with Gasteiger partial charge in [-0.05, 0) is 38.5 Å². The van der Waals surface area contributed by atoms with Gasteiger partial charge in [-0.3, -0.25) is 9.59 Å². The number of nitrogens with zero attached hydrogens (tertiary/aromatic N) is 1. The predicted octanol–water partition coefficient (Wildman–Crippen LogP) is 24.0. The zero-order valence-electron chi connectivity index (χ0n) is 58.5. The fourth-order valence-corrected chi connectivity index (χ4v) is 11.9. The highest BCUT2D eigenvalue weighted by Crippen LogP contribution is 2.20. The predicted molar refractivity (Wildman–Crippen MR) is 369 cm³/mol. The van der Waals surface area contributed by atoms with Gasteiger partial charge in [0.05, 0.1) is 34.4 Å². The van der Waals surface area contributed by atoms with Crippen molar-refractivity contribution in [1.82, 2.24) is 0 Å². The number of carboxylic acids is 1. The maximum Gasteiger partial charge on any atom is 0.361 e. The summed E-state index contributed by atoms with van der Waals surface area (Å²) in [5, 5.41) is 9.75. The molecule has 0 heterocycles. The Hall–Kier alpha value is -1.97. The van der Waals surface area contributed by atoms with Gasteiger partial charge in [0.2, 0.25) is 0 Å². The van der Waals surface area contributed by atoms with E-state index >= 15 is 0 Å². The first-order valence-electron chi connectivity index (χ1n) is 38.4. The average molecular weight is 1220 g/mol. The van der Waals surface area contributed by atoms with Gasteiger partial charge in [0, 0.05) is 12.8 Å². The Labute approximate surface area is 535 Å². The van der Waals surface area contributed by atoms with Crippen LogP contribution >= 0.6 is 0 Å². The molecule has 0 amide bonds. The number of rotatable bonds is 73. The summed E-state index contributed by atoms with van der Waals surface area (Å²) in [6.45, 7) is 4.97. The van der Waals surface area contributed by atoms with Crippen LogP contribution in [0.2, 0.25) is 0 Å². The number of likely N-dealkylation sites (N-methyl/N-ethyl adjacent to an activating group) is 1. The lowest BCUT2D eigenvalue weighted by Gasteiger charge is -2.25. The number of carboxylic acid groups (broad SMARTS) is 1. The maximum absolute atomic E-state index is 13.0. The van der Waals surface area contributed by atoms with Crippen LogP contribution in [0.25, 0.3) is 0 Å². The van der Waals surface area contributed by atoms with Crippen LogP contribution in [0.5, 0.6) is 0 Å². The average Bonchev–Trinajstić information content (AvgIpc) is 3.63. The summed E-state index contributed by atoms with van der Waals surface area (Å²) in [6.07, 6.45) is 82.2. The summed E-state index contributed by atoms with van der Waals surface area (Å²) in [7, 11) is 6.00. The van der Waals surface area contributed by atoms with Crippen molar-refractivity contribution in [2.45, 2.75) is 418 Å². The Morgan fingerprint density at radius 3 is 0.860 bits per heavy atom. The van der Waals surface area contributed by atoms with Crippen LogP contribution in [-0.4, -0.2) is 87.4 Å². The van der Waals surface area contributed by atoms with Gasteiger partial charge in [-0.25, -0.2) is 4.79 Å². The molecule has 0 radical (unpaired) electrons. The summed E-state index contributed by atoms with van der Waals surface area (Å²) < 4.78 is 23.0. The zero-order valence-corrected chi connectivity index (χ0v) is 58.5. The Kier molecular flexibility index (Phi) is 67.4. The first-order valence-corrected chi connectivity index (χ1v) is 38.4. The van der Waals surface area contributed by atoms with Gasteiger partial charge in [0.25, 0.3) is 6.29 Å². The van der Waals surface area contributed by atoms with E-state index in [0.29, 0.717) is 17.4 Å². The second-order valence-electron chi connectivity index (χ2n) is 27.7. The van der Waals surface area contributed by atoms with Crippen molar-refractivity contribution >= 4 is 17.9 Å².